The van der Waals surface area contributed by atoms with E-state index in [1.807, 2.05) is 45.7 Å². The second-order valence-electron chi connectivity index (χ2n) is 11.6. The first-order valence-electron chi connectivity index (χ1n) is 14.9. The number of aryl methyl sites for hydroxylation is 1. The summed E-state index contributed by atoms with van der Waals surface area (Å²) < 4.78 is 8.29. The lowest BCUT2D eigenvalue weighted by Crippen LogP contribution is -2.50. The van der Waals surface area contributed by atoms with Crippen LogP contribution in [0.2, 0.25) is 5.02 Å². The summed E-state index contributed by atoms with van der Waals surface area (Å²) in [6, 6.07) is 7.08. The molecule has 0 bridgehead atoms. The molecule has 3 aliphatic rings. The summed E-state index contributed by atoms with van der Waals surface area (Å²) in [7, 11) is 3.53. The summed E-state index contributed by atoms with van der Waals surface area (Å²) in [4.78, 5) is 52.7. The van der Waals surface area contributed by atoms with Gasteiger partial charge in [0.25, 0.3) is 0 Å². The van der Waals surface area contributed by atoms with Crippen molar-refractivity contribution < 1.29 is 19.1 Å². The number of amides is 3. The van der Waals surface area contributed by atoms with Crippen LogP contribution in [0.15, 0.2) is 30.6 Å². The minimum absolute atomic E-state index is 0.0279. The van der Waals surface area contributed by atoms with Crippen molar-refractivity contribution in [3.63, 3.8) is 0 Å². The van der Waals surface area contributed by atoms with E-state index in [-0.39, 0.29) is 30.2 Å². The minimum atomic E-state index is -0.434. The monoisotopic (exact) mass is 592 g/mol. The predicted molar refractivity (Wildman–Crippen MR) is 158 cm³/mol. The highest BCUT2D eigenvalue weighted by Gasteiger charge is 2.43. The van der Waals surface area contributed by atoms with Crippen LogP contribution in [0.4, 0.5) is 0 Å². The number of nitrogens with one attached hydrogen (secondary N) is 1. The van der Waals surface area contributed by atoms with Crippen LogP contribution in [0.5, 0.6) is 5.75 Å². The Labute approximate surface area is 250 Å². The summed E-state index contributed by atoms with van der Waals surface area (Å²) in [6.07, 6.45) is 6.83. The van der Waals surface area contributed by atoms with Gasteiger partial charge in [-0.3, -0.25) is 14.4 Å². The van der Waals surface area contributed by atoms with Crippen LogP contribution in [0.25, 0.3) is 11.2 Å². The number of fused-ring (bicyclic) bond motifs is 2. The van der Waals surface area contributed by atoms with Crippen LogP contribution < -0.4 is 10.1 Å². The zero-order chi connectivity index (χ0) is 29.4. The fourth-order valence-electron chi connectivity index (χ4n) is 6.88. The van der Waals surface area contributed by atoms with E-state index in [4.69, 9.17) is 21.3 Å². The maximum Gasteiger partial charge on any atom is 0.227 e. The molecule has 4 heterocycles. The maximum absolute atomic E-state index is 14.3. The summed E-state index contributed by atoms with van der Waals surface area (Å²) in [5.74, 6) is -0.137. The maximum atomic E-state index is 14.3. The number of carbonyl (C=O) groups is 3. The molecule has 2 aliphatic heterocycles. The number of imidazole rings is 1. The Kier molecular flexibility index (Phi) is 8.07. The van der Waals surface area contributed by atoms with Crippen LogP contribution in [-0.4, -0.2) is 68.7 Å². The minimum Gasteiger partial charge on any atom is -0.487 e. The van der Waals surface area contributed by atoms with E-state index in [0.717, 1.165) is 47.2 Å². The van der Waals surface area contributed by atoms with Crippen molar-refractivity contribution in [3.8, 4) is 5.75 Å². The highest BCUT2D eigenvalue weighted by Crippen LogP contribution is 2.43. The molecule has 1 N–H and O–H groups in total. The number of ether oxygens (including phenoxy) is 1. The number of halogens is 1. The number of rotatable bonds is 7. The van der Waals surface area contributed by atoms with E-state index in [9.17, 15) is 14.4 Å². The molecule has 0 radical (unpaired) electrons. The molecule has 0 spiro atoms. The lowest BCUT2D eigenvalue weighted by atomic mass is 9.77. The van der Waals surface area contributed by atoms with Gasteiger partial charge in [-0.25, -0.2) is 9.97 Å². The molecule has 222 valence electrons. The van der Waals surface area contributed by atoms with Gasteiger partial charge >= 0.3 is 0 Å². The third kappa shape index (κ3) is 5.32. The van der Waals surface area contributed by atoms with E-state index in [1.165, 1.54) is 0 Å². The summed E-state index contributed by atoms with van der Waals surface area (Å²) in [6.45, 7) is 1.71. The summed E-state index contributed by atoms with van der Waals surface area (Å²) in [5, 5.41) is 3.39. The van der Waals surface area contributed by atoms with Crippen LogP contribution in [-0.2, 0) is 34.5 Å². The molecule has 1 aliphatic carbocycles. The molecule has 1 unspecified atom stereocenters. The zero-order valence-electron chi connectivity index (χ0n) is 24.1. The molecule has 2 fully saturated rings. The van der Waals surface area contributed by atoms with E-state index in [1.54, 1.807) is 13.4 Å². The molecule has 1 saturated carbocycles. The number of benzene rings is 1. The number of pyridine rings is 1. The molecule has 2 aromatic heterocycles. The van der Waals surface area contributed by atoms with Gasteiger partial charge in [0.15, 0.2) is 5.65 Å². The molecule has 6 rings (SSSR count). The largest absolute Gasteiger partial charge is 0.487 e. The summed E-state index contributed by atoms with van der Waals surface area (Å²) in [5.41, 5.74) is 4.12. The van der Waals surface area contributed by atoms with Crippen molar-refractivity contribution in [2.24, 2.45) is 18.9 Å². The van der Waals surface area contributed by atoms with Crippen LogP contribution in [0.3, 0.4) is 0 Å². The van der Waals surface area contributed by atoms with Crippen molar-refractivity contribution in [1.29, 1.82) is 0 Å². The zero-order valence-corrected chi connectivity index (χ0v) is 24.9. The topological polar surface area (TPSA) is 110 Å². The first-order chi connectivity index (χ1) is 20.4. The number of hydrogen-bond donors (Lipinski definition) is 1. The van der Waals surface area contributed by atoms with Crippen molar-refractivity contribution in [1.82, 2.24) is 29.7 Å². The highest BCUT2D eigenvalue weighted by atomic mass is 35.5. The molecule has 11 heteroatoms. The standard InChI is InChI=1S/C31H37ClN6O4/c1-33-30(40)20-6-3-4-7-21(20)31(41)38-15-13-22-23(32)10-12-26(28(22)25(38)16-37-14-5-8-27(37)39)42-17-19-9-11-24-29(35-19)36(2)18-34-24/h9-12,18,20-21,25H,3-8,13-17H2,1-2H3,(H,33,40)/t20-,21?,25-/m1/s1. The van der Waals surface area contributed by atoms with Gasteiger partial charge in [-0.15, -0.1) is 0 Å². The lowest BCUT2D eigenvalue weighted by Gasteiger charge is -2.43. The van der Waals surface area contributed by atoms with Crippen LogP contribution in [0, 0.1) is 11.8 Å². The number of nitrogens with zero attached hydrogens (tertiary/aromatic N) is 5. The second kappa shape index (κ2) is 11.9. The van der Waals surface area contributed by atoms with E-state index < -0.39 is 12.0 Å². The quantitative estimate of drug-likeness (QED) is 0.447. The van der Waals surface area contributed by atoms with Crippen LogP contribution in [0.1, 0.15) is 61.4 Å². The molecular formula is C31H37ClN6O4. The van der Waals surface area contributed by atoms with Crippen molar-refractivity contribution in [2.75, 3.05) is 26.7 Å². The molecule has 1 saturated heterocycles. The third-order valence-electron chi connectivity index (χ3n) is 9.08. The number of likely N-dealkylation sites (tertiary alicyclic amines) is 1. The molecular weight excluding hydrogens is 556 g/mol. The summed E-state index contributed by atoms with van der Waals surface area (Å²) >= 11 is 6.76. The van der Waals surface area contributed by atoms with Crippen molar-refractivity contribution in [3.05, 3.63) is 52.4 Å². The van der Waals surface area contributed by atoms with Crippen LogP contribution >= 0.6 is 11.6 Å². The first-order valence-corrected chi connectivity index (χ1v) is 15.2. The van der Waals surface area contributed by atoms with Gasteiger partial charge in [0.05, 0.1) is 18.1 Å². The fourth-order valence-corrected chi connectivity index (χ4v) is 7.14. The highest BCUT2D eigenvalue weighted by molar-refractivity contribution is 6.31. The van der Waals surface area contributed by atoms with Gasteiger partial charge in [0.1, 0.15) is 17.9 Å². The van der Waals surface area contributed by atoms with Gasteiger partial charge in [0.2, 0.25) is 17.7 Å². The Morgan fingerprint density at radius 3 is 2.64 bits per heavy atom. The molecule has 3 amide bonds. The van der Waals surface area contributed by atoms with Gasteiger partial charge in [-0.05, 0) is 55.5 Å². The number of aromatic nitrogens is 3. The van der Waals surface area contributed by atoms with Crippen molar-refractivity contribution in [2.45, 2.75) is 57.6 Å². The van der Waals surface area contributed by atoms with Crippen molar-refractivity contribution >= 4 is 40.5 Å². The van der Waals surface area contributed by atoms with Gasteiger partial charge in [0, 0.05) is 62.6 Å². The predicted octanol–water partition coefficient (Wildman–Crippen LogP) is 3.80. The smallest absolute Gasteiger partial charge is 0.227 e. The van der Waals surface area contributed by atoms with E-state index in [0.29, 0.717) is 56.1 Å². The second-order valence-corrected chi connectivity index (χ2v) is 12.0. The van der Waals surface area contributed by atoms with Gasteiger partial charge in [-0.1, -0.05) is 24.4 Å². The fraction of sp³-hybridized carbons (Fsp3) is 0.516. The van der Waals surface area contributed by atoms with Gasteiger partial charge in [-0.2, -0.15) is 0 Å². The molecule has 3 atom stereocenters. The van der Waals surface area contributed by atoms with E-state index in [2.05, 4.69) is 10.3 Å². The lowest BCUT2D eigenvalue weighted by molar-refractivity contribution is -0.147. The average molecular weight is 593 g/mol. The first kappa shape index (κ1) is 28.5. The Morgan fingerprint density at radius 2 is 1.88 bits per heavy atom. The Morgan fingerprint density at radius 1 is 1.07 bits per heavy atom. The Bertz CT molecular complexity index is 1520. The molecule has 3 aromatic rings. The average Bonchev–Trinajstić information content (AvgIpc) is 3.60. The third-order valence-corrected chi connectivity index (χ3v) is 9.43. The Balaban J connectivity index is 1.35. The van der Waals surface area contributed by atoms with E-state index >= 15 is 0 Å². The molecule has 42 heavy (non-hydrogen) atoms. The molecule has 10 nitrogen and oxygen atoms in total. The Hall–Kier alpha value is -3.66. The SMILES string of the molecule is CNC(=O)[C@@H]1CCCCC1C(=O)N1CCc2c(Cl)ccc(OCc3ccc4ncn(C)c4n3)c2[C@H]1CN1CCCC1=O. The number of hydrogen-bond acceptors (Lipinski definition) is 6. The van der Waals surface area contributed by atoms with Gasteiger partial charge < -0.3 is 24.4 Å². The molecule has 1 aromatic carbocycles. The normalized spacial score (nSPS) is 22.4. The number of carbonyl (C=O) groups excluding carboxylic acids is 3.